The van der Waals surface area contributed by atoms with Crippen molar-refractivity contribution in [1.29, 1.82) is 0 Å². The van der Waals surface area contributed by atoms with Crippen LogP contribution in [0.25, 0.3) is 0 Å². The first-order valence-electron chi connectivity index (χ1n) is 10.7. The Morgan fingerprint density at radius 2 is 1.87 bits per heavy atom. The number of esters is 1. The zero-order chi connectivity index (χ0) is 22.4. The Balaban J connectivity index is 1.76. The Morgan fingerprint density at radius 3 is 2.55 bits per heavy atom. The fraction of sp³-hybridized carbons (Fsp3) is 0.417. The molecular formula is C24H32N3O4+. The van der Waals surface area contributed by atoms with Crippen LogP contribution in [0, 0.1) is 13.8 Å². The summed E-state index contributed by atoms with van der Waals surface area (Å²) in [5.41, 5.74) is 4.02. The number of ether oxygens (including phenoxy) is 2. The van der Waals surface area contributed by atoms with Crippen molar-refractivity contribution < 1.29 is 24.0 Å². The van der Waals surface area contributed by atoms with E-state index in [2.05, 4.69) is 17.1 Å². The molecule has 0 unspecified atom stereocenters. The minimum Gasteiger partial charge on any atom is -0.483 e. The number of aryl methyl sites for hydroxylation is 1. The highest BCUT2D eigenvalue weighted by Crippen LogP contribution is 2.28. The number of rotatable bonds is 7. The van der Waals surface area contributed by atoms with Gasteiger partial charge >= 0.3 is 5.97 Å². The molecule has 166 valence electrons. The summed E-state index contributed by atoms with van der Waals surface area (Å²) in [6.45, 7) is 11.0. The molecule has 1 amide bonds. The minimum atomic E-state index is -0.436. The van der Waals surface area contributed by atoms with Gasteiger partial charge in [-0.1, -0.05) is 12.1 Å². The van der Waals surface area contributed by atoms with Gasteiger partial charge in [0.05, 0.1) is 56.8 Å². The van der Waals surface area contributed by atoms with Crippen molar-refractivity contribution in [1.82, 2.24) is 0 Å². The molecule has 1 heterocycles. The average Bonchev–Trinajstić information content (AvgIpc) is 2.79. The molecule has 7 heteroatoms. The summed E-state index contributed by atoms with van der Waals surface area (Å²) in [5.74, 6) is -0.0201. The van der Waals surface area contributed by atoms with Crippen LogP contribution in [0.15, 0.2) is 36.4 Å². The van der Waals surface area contributed by atoms with Crippen molar-refractivity contribution in [2.75, 3.05) is 56.7 Å². The molecule has 0 radical (unpaired) electrons. The minimum absolute atomic E-state index is 0.111. The topological polar surface area (TPSA) is 72.3 Å². The predicted molar refractivity (Wildman–Crippen MR) is 121 cm³/mol. The Kier molecular flexibility index (Phi) is 7.52. The maximum atomic E-state index is 12.7. The first-order chi connectivity index (χ1) is 14.9. The monoisotopic (exact) mass is 426 g/mol. The van der Waals surface area contributed by atoms with Gasteiger partial charge in [-0.25, -0.2) is 4.79 Å². The smallest absolute Gasteiger partial charge is 0.337 e. The number of piperazine rings is 1. The first-order valence-corrected chi connectivity index (χ1v) is 10.7. The number of methoxy groups -OCH3 is 1. The zero-order valence-corrected chi connectivity index (χ0v) is 18.8. The Hall–Kier alpha value is -3.06. The predicted octanol–water partition coefficient (Wildman–Crippen LogP) is 1.83. The number of benzene rings is 2. The summed E-state index contributed by atoms with van der Waals surface area (Å²) < 4.78 is 10.6. The van der Waals surface area contributed by atoms with E-state index >= 15 is 0 Å². The number of nitrogens with one attached hydrogen (secondary N) is 2. The Morgan fingerprint density at radius 1 is 1.13 bits per heavy atom. The first kappa shape index (κ1) is 22.6. The van der Waals surface area contributed by atoms with Gasteiger partial charge in [0.15, 0.2) is 6.61 Å². The van der Waals surface area contributed by atoms with E-state index in [4.69, 9.17) is 9.47 Å². The number of likely N-dealkylation sites (N-methyl/N-ethyl adjacent to an activating group) is 1. The highest BCUT2D eigenvalue weighted by atomic mass is 16.5. The largest absolute Gasteiger partial charge is 0.483 e. The number of hydrogen-bond acceptors (Lipinski definition) is 5. The van der Waals surface area contributed by atoms with Gasteiger partial charge in [-0.2, -0.15) is 0 Å². The molecule has 0 spiro atoms. The van der Waals surface area contributed by atoms with Crippen LogP contribution in [0.3, 0.4) is 0 Å². The molecule has 3 rings (SSSR count). The highest BCUT2D eigenvalue weighted by molar-refractivity contribution is 5.98. The van der Waals surface area contributed by atoms with Crippen molar-refractivity contribution >= 4 is 23.3 Å². The van der Waals surface area contributed by atoms with Gasteiger partial charge in [-0.3, -0.25) is 4.79 Å². The summed E-state index contributed by atoms with van der Waals surface area (Å²) in [5, 5.41) is 2.94. The fourth-order valence-electron chi connectivity index (χ4n) is 3.78. The van der Waals surface area contributed by atoms with Crippen LogP contribution in [0.1, 0.15) is 28.4 Å². The van der Waals surface area contributed by atoms with Gasteiger partial charge < -0.3 is 24.6 Å². The molecular weight excluding hydrogens is 394 g/mol. The molecule has 2 aromatic rings. The van der Waals surface area contributed by atoms with E-state index in [1.165, 1.54) is 7.11 Å². The van der Waals surface area contributed by atoms with Crippen molar-refractivity contribution in [3.63, 3.8) is 0 Å². The third-order valence-electron chi connectivity index (χ3n) is 5.92. The summed E-state index contributed by atoms with van der Waals surface area (Å²) in [7, 11) is 1.35. The van der Waals surface area contributed by atoms with Crippen LogP contribution < -0.4 is 19.9 Å². The maximum Gasteiger partial charge on any atom is 0.337 e. The van der Waals surface area contributed by atoms with Crippen LogP contribution >= 0.6 is 0 Å². The Labute approximate surface area is 183 Å². The van der Waals surface area contributed by atoms with Crippen molar-refractivity contribution in [2.24, 2.45) is 0 Å². The lowest BCUT2D eigenvalue weighted by molar-refractivity contribution is -0.898. The molecule has 7 nitrogen and oxygen atoms in total. The number of anilines is 2. The molecule has 0 aromatic heterocycles. The molecule has 1 saturated heterocycles. The molecule has 0 bridgehead atoms. The summed E-state index contributed by atoms with van der Waals surface area (Å²) in [6.07, 6.45) is 0. The number of nitrogens with zero attached hydrogens (tertiary/aromatic N) is 1. The molecule has 2 aromatic carbocycles. The summed E-state index contributed by atoms with van der Waals surface area (Å²) in [6, 6.07) is 11.1. The van der Waals surface area contributed by atoms with E-state index in [1.54, 1.807) is 17.0 Å². The van der Waals surface area contributed by atoms with Gasteiger partial charge in [-0.15, -0.1) is 0 Å². The quantitative estimate of drug-likeness (QED) is 0.661. The molecule has 1 fully saturated rings. The molecule has 0 aliphatic carbocycles. The lowest BCUT2D eigenvalue weighted by atomic mass is 10.1. The van der Waals surface area contributed by atoms with Crippen LogP contribution in [0.4, 0.5) is 11.4 Å². The van der Waals surface area contributed by atoms with Crippen molar-refractivity contribution in [2.45, 2.75) is 20.8 Å². The molecule has 1 aliphatic rings. The van der Waals surface area contributed by atoms with E-state index in [-0.39, 0.29) is 12.5 Å². The molecule has 31 heavy (non-hydrogen) atoms. The fourth-order valence-corrected chi connectivity index (χ4v) is 3.78. The van der Waals surface area contributed by atoms with Gasteiger partial charge in [0.2, 0.25) is 0 Å². The van der Waals surface area contributed by atoms with E-state index in [1.807, 2.05) is 38.1 Å². The van der Waals surface area contributed by atoms with Gasteiger partial charge in [0.1, 0.15) is 5.75 Å². The molecule has 2 N–H and O–H groups in total. The second-order valence-electron chi connectivity index (χ2n) is 7.85. The Bertz CT molecular complexity index is 936. The van der Waals surface area contributed by atoms with Crippen molar-refractivity contribution in [3.8, 4) is 5.75 Å². The lowest BCUT2D eigenvalue weighted by Gasteiger charge is -2.34. The van der Waals surface area contributed by atoms with Crippen molar-refractivity contribution in [3.05, 3.63) is 53.1 Å². The normalized spacial score (nSPS) is 14.3. The van der Waals surface area contributed by atoms with Crippen LogP contribution in [-0.2, 0) is 9.53 Å². The number of hydrogen-bond donors (Lipinski definition) is 2. The van der Waals surface area contributed by atoms with Gasteiger partial charge in [0.25, 0.3) is 5.91 Å². The number of amides is 1. The summed E-state index contributed by atoms with van der Waals surface area (Å²) in [4.78, 5) is 28.5. The zero-order valence-electron chi connectivity index (χ0n) is 18.8. The van der Waals surface area contributed by atoms with Crippen LogP contribution in [0.5, 0.6) is 5.75 Å². The standard InChI is InChI=1S/C24H31N3O4/c1-5-26-11-13-27(14-12-26)21-10-9-19(24(29)30-4)15-20(21)25-23(28)16-31-22-8-6-7-17(2)18(22)3/h6-10,15H,5,11-14,16H2,1-4H3,(H,25,28)/p+1. The molecule has 1 aliphatic heterocycles. The third kappa shape index (κ3) is 5.55. The van der Waals surface area contributed by atoms with E-state index in [0.717, 1.165) is 49.5 Å². The SMILES string of the molecule is CC[NH+]1CCN(c2ccc(C(=O)OC)cc2NC(=O)COc2cccc(C)c2C)CC1. The number of carbonyl (C=O) groups excluding carboxylic acids is 2. The van der Waals surface area contributed by atoms with Gasteiger partial charge in [0, 0.05) is 0 Å². The lowest BCUT2D eigenvalue weighted by Crippen LogP contribution is -3.14. The van der Waals surface area contributed by atoms with Gasteiger partial charge in [-0.05, 0) is 56.2 Å². The number of carbonyl (C=O) groups is 2. The molecule has 0 atom stereocenters. The van der Waals surface area contributed by atoms with E-state index in [9.17, 15) is 9.59 Å². The van der Waals surface area contributed by atoms with Crippen LogP contribution in [0.2, 0.25) is 0 Å². The molecule has 0 saturated carbocycles. The second kappa shape index (κ2) is 10.3. The second-order valence-corrected chi connectivity index (χ2v) is 7.85. The van der Waals surface area contributed by atoms with E-state index in [0.29, 0.717) is 17.0 Å². The third-order valence-corrected chi connectivity index (χ3v) is 5.92. The van der Waals surface area contributed by atoms with E-state index < -0.39 is 5.97 Å². The summed E-state index contributed by atoms with van der Waals surface area (Å²) >= 11 is 0. The highest BCUT2D eigenvalue weighted by Gasteiger charge is 2.22. The van der Waals surface area contributed by atoms with Crippen LogP contribution in [-0.4, -0.2) is 58.3 Å². The maximum absolute atomic E-state index is 12.7. The average molecular weight is 427 g/mol. The number of quaternary nitrogens is 1.